The van der Waals surface area contributed by atoms with Gasteiger partial charge >= 0.3 is 0 Å². The Morgan fingerprint density at radius 1 is 0.321 bits per heavy atom. The van der Waals surface area contributed by atoms with Crippen molar-refractivity contribution in [3.05, 3.63) is 212 Å². The normalized spacial score (nSPS) is 21.9. The van der Waals surface area contributed by atoms with E-state index in [4.69, 9.17) is 28.4 Å². The van der Waals surface area contributed by atoms with Gasteiger partial charge in [-0.15, -0.1) is 0 Å². The van der Waals surface area contributed by atoms with E-state index in [1.807, 2.05) is 24.3 Å². The van der Waals surface area contributed by atoms with Gasteiger partial charge in [0.05, 0.1) is 59.1 Å². The predicted octanol–water partition coefficient (Wildman–Crippen LogP) is 29.3. The van der Waals surface area contributed by atoms with Gasteiger partial charge in [0, 0.05) is 98.2 Å². The molecule has 13 nitrogen and oxygen atoms in total. The van der Waals surface area contributed by atoms with Crippen molar-refractivity contribution in [3.8, 4) is 96.3 Å². The topological polar surface area (TPSA) is 146 Å². The molecule has 0 bridgehead atoms. The maximum atomic E-state index is 14.9. The van der Waals surface area contributed by atoms with Crippen LogP contribution in [0.25, 0.3) is 87.6 Å². The average molecular weight is 1840 g/mol. The van der Waals surface area contributed by atoms with Crippen molar-refractivity contribution in [1.29, 1.82) is 0 Å². The van der Waals surface area contributed by atoms with Gasteiger partial charge < -0.3 is 58.6 Å². The first-order valence-electron chi connectivity index (χ1n) is 50.9. The Hall–Kier alpha value is -10.8. The van der Waals surface area contributed by atoms with Gasteiger partial charge in [0.2, 0.25) is 0 Å². The predicted molar refractivity (Wildman–Crippen MR) is 557 cm³/mol. The van der Waals surface area contributed by atoms with Gasteiger partial charge in [0.1, 0.15) is 51.5 Å². The minimum atomic E-state index is -0.246. The van der Waals surface area contributed by atoms with E-state index >= 15 is 0 Å². The lowest BCUT2D eigenvalue weighted by molar-refractivity contribution is 0.0641. The molecule has 12 aromatic carbocycles. The zero-order valence-electron chi connectivity index (χ0n) is 85.3. The smallest absolute Gasteiger partial charge is 0.165 e. The molecular weight excluding hydrogens is 1700 g/mol. The van der Waals surface area contributed by atoms with Crippen LogP contribution in [0.3, 0.4) is 0 Å². The molecule has 4 saturated carbocycles. The van der Waals surface area contributed by atoms with Crippen molar-refractivity contribution in [3.63, 3.8) is 0 Å². The number of phenols is 4. The molecule has 8 aliphatic carbocycles. The standard InChI is InChI=1S/C32H37NO3.C32H38O3.C30H35NO2.C29H32FNO2/c1-30(2)17-31(3,4)19-32(18-30)23-8-6-5-7-20(23)28-24(32)16-26(34)22-15-25(33-10-13-35-14-11-33)29-21(27(22)28)9-12-36-29;1-29(2)16-30(3,4)18-32(17-29)22-11-9-8-10-19(22)27-23(32)15-24(33)21-14-25(34-7)28-20(26(21)27)12-13-31(5,6)35-28;1-28(2)15-29(3,4)17-30(16-28)21-10-8-7-9-18(21)26-22(30)14-23(32)20-13-24(33-6)27-19(25(20)26)11-12-31(27)5;1-27(2)14-28(3,4)16-29(15-27)20-9-7-6-8-17(20)25-21(29)13-22(32)19-12-23(33-5)26-18(24(19)25)10-11-31(26)30/h5-8,15-16,34H,9-14,17-19H2,1-4H3;8-11,14-15,33H,12-13,16-18H2,1-7H3;7-10,13-14,32H,11-12,15-17H2,1-6H3;6-9,12-13,32H,10-11,14-16H2,1-5H3. The Morgan fingerprint density at radius 2 is 0.635 bits per heavy atom. The molecule has 5 aliphatic heterocycles. The Balaban J connectivity index is 0.000000106. The monoisotopic (exact) mass is 1840 g/mol. The zero-order chi connectivity index (χ0) is 96.5. The van der Waals surface area contributed by atoms with Crippen LogP contribution in [-0.2, 0) is 52.1 Å². The van der Waals surface area contributed by atoms with Crippen molar-refractivity contribution in [2.75, 3.05) is 89.3 Å². The fraction of sp³-hybridized carbons (Fsp3) is 0.480. The average Bonchev–Trinajstić information content (AvgIpc) is 1.54. The van der Waals surface area contributed by atoms with Gasteiger partial charge in [-0.05, 0) is 319 Å². The number of likely N-dealkylation sites (N-methyl/N-ethyl adjacent to an activating group) is 1. The van der Waals surface area contributed by atoms with Gasteiger partial charge in [0.15, 0.2) is 11.5 Å². The number of hydrogen-bond donors (Lipinski definition) is 4. The largest absolute Gasteiger partial charge is 0.507 e. The molecule has 0 unspecified atom stereocenters. The van der Waals surface area contributed by atoms with Crippen molar-refractivity contribution in [2.45, 2.75) is 261 Å². The van der Waals surface area contributed by atoms with Crippen LogP contribution < -0.4 is 38.6 Å². The summed E-state index contributed by atoms with van der Waals surface area (Å²) in [6, 6.07) is 52.1. The number of aromatic hydroxyl groups is 4. The Labute approximate surface area is 810 Å². The molecule has 0 amide bonds. The van der Waals surface area contributed by atoms with Gasteiger partial charge in [-0.2, -0.15) is 0 Å². The van der Waals surface area contributed by atoms with Crippen LogP contribution in [0.1, 0.15) is 275 Å². The molecule has 4 N–H and O–H groups in total. The Morgan fingerprint density at radius 3 is 1.00 bits per heavy atom. The summed E-state index contributed by atoms with van der Waals surface area (Å²) in [4.78, 5) is 4.66. The molecule has 1 saturated heterocycles. The third-order valence-corrected chi connectivity index (χ3v) is 34.6. The number of morpholine rings is 1. The zero-order valence-corrected chi connectivity index (χ0v) is 85.3. The van der Waals surface area contributed by atoms with Crippen LogP contribution in [-0.4, -0.2) is 100 Å². The van der Waals surface area contributed by atoms with E-state index in [0.29, 0.717) is 54.0 Å². The number of phenolic OH excluding ortho intramolecular Hbond substituents is 4. The second-order valence-corrected chi connectivity index (χ2v) is 50.9. The summed E-state index contributed by atoms with van der Waals surface area (Å²) in [6.07, 6.45) is 17.7. The first kappa shape index (κ1) is 91.3. The molecule has 0 aromatic heterocycles. The molecule has 137 heavy (non-hydrogen) atoms. The highest BCUT2D eigenvalue weighted by Crippen LogP contribution is 2.72. The molecule has 12 aromatic rings. The lowest BCUT2D eigenvalue weighted by Gasteiger charge is -2.51. The molecule has 5 fully saturated rings. The summed E-state index contributed by atoms with van der Waals surface area (Å²) < 4.78 is 50.5. The lowest BCUT2D eigenvalue weighted by Crippen LogP contribution is -2.43. The van der Waals surface area contributed by atoms with Crippen molar-refractivity contribution < 1.29 is 53.3 Å². The van der Waals surface area contributed by atoms with Gasteiger partial charge in [0.25, 0.3) is 0 Å². The number of fused-ring (bicyclic) bond motifs is 36. The maximum absolute atomic E-state index is 14.9. The fourth-order valence-corrected chi connectivity index (χ4v) is 33.3. The molecule has 716 valence electrons. The number of methoxy groups -OCH3 is 3. The number of ether oxygens (including phenoxy) is 6. The highest BCUT2D eigenvalue weighted by atomic mass is 19.2. The van der Waals surface area contributed by atoms with Crippen molar-refractivity contribution in [1.82, 2.24) is 0 Å². The minimum absolute atomic E-state index is 0.0693. The molecule has 0 atom stereocenters. The van der Waals surface area contributed by atoms with E-state index in [2.05, 4.69) is 263 Å². The van der Waals surface area contributed by atoms with Gasteiger partial charge in [-0.3, -0.25) is 0 Å². The second-order valence-electron chi connectivity index (χ2n) is 50.9. The minimum Gasteiger partial charge on any atom is -0.507 e. The quantitative estimate of drug-likeness (QED) is 0.124. The summed E-state index contributed by atoms with van der Waals surface area (Å²) in [7, 11) is 7.13. The third kappa shape index (κ3) is 14.2. The number of anilines is 3. The van der Waals surface area contributed by atoms with Gasteiger partial charge in [-0.1, -0.05) is 212 Å². The lowest BCUT2D eigenvalue weighted by atomic mass is 9.52. The Kier molecular flexibility index (Phi) is 20.5. The van der Waals surface area contributed by atoms with Crippen molar-refractivity contribution in [2.24, 2.45) is 43.3 Å². The Bertz CT molecular complexity index is 6820. The number of hydrogen-bond acceptors (Lipinski definition) is 13. The van der Waals surface area contributed by atoms with Gasteiger partial charge in [-0.25, -0.2) is 5.12 Å². The highest BCUT2D eigenvalue weighted by molar-refractivity contribution is 6.14. The number of rotatable bonds is 4. The molecule has 14 heteroatoms. The number of benzene rings is 12. The molecule has 4 spiro atoms. The summed E-state index contributed by atoms with van der Waals surface area (Å²) >= 11 is 0. The van der Waals surface area contributed by atoms with Crippen LogP contribution in [0, 0.1) is 43.3 Å². The highest BCUT2D eigenvalue weighted by Gasteiger charge is 2.60. The van der Waals surface area contributed by atoms with Crippen LogP contribution in [0.4, 0.5) is 21.5 Å². The molecule has 13 aliphatic rings. The molecule has 25 rings (SSSR count). The van der Waals surface area contributed by atoms with E-state index < -0.39 is 0 Å². The summed E-state index contributed by atoms with van der Waals surface area (Å²) in [6.45, 7) is 48.0. The van der Waals surface area contributed by atoms with E-state index in [1.54, 1.807) is 21.3 Å². The van der Waals surface area contributed by atoms with E-state index in [0.717, 1.165) is 176 Å². The fourth-order valence-electron chi connectivity index (χ4n) is 33.3. The molecular formula is C123H142FN3O10. The van der Waals surface area contributed by atoms with Crippen molar-refractivity contribution >= 4 is 60.2 Å². The third-order valence-electron chi connectivity index (χ3n) is 34.6. The summed E-state index contributed by atoms with van der Waals surface area (Å²) in [5.41, 5.74) is 29.7. The summed E-state index contributed by atoms with van der Waals surface area (Å²) in [5.74, 6) is 5.29. The number of nitrogens with zero attached hydrogens (tertiary/aromatic N) is 3. The number of halogens is 1. The first-order valence-corrected chi connectivity index (χ1v) is 50.9. The van der Waals surface area contributed by atoms with E-state index in [9.17, 15) is 24.9 Å². The first-order chi connectivity index (χ1) is 64.7. The van der Waals surface area contributed by atoms with E-state index in [-0.39, 0.29) is 76.3 Å². The van der Waals surface area contributed by atoms with Crippen LogP contribution in [0.15, 0.2) is 146 Å². The van der Waals surface area contributed by atoms with Crippen LogP contribution in [0.5, 0.6) is 51.7 Å². The molecule has 0 radical (unpaired) electrons. The number of aryl methyl sites for hydroxylation is 1. The SMILES string of the molecule is CC1(C)CC(C)(C)CC2(C1)c1ccccc1-c1c2cc(O)c2cc(N3CCOCC3)c3c(c12)CCO3.COc1cc2c(O)cc3c(c2c2c1N(C)CC2)-c1ccccc1C31CC(C)(C)CC(C)(C)C1.COc1cc2c(O)cc3c(c2c2c1N(F)CC2)-c1ccccc1C31CC(C)(C)CC(C)(C)C1.COc1cc2c(O)cc3c(c2c2c1OC(C)(C)CC2)-c1ccccc1C31CC(C)(C)CC(C)(C)C1. The molecule has 5 heterocycles. The van der Waals surface area contributed by atoms with E-state index in [1.165, 1.54) is 148 Å². The van der Waals surface area contributed by atoms with Crippen LogP contribution in [0.2, 0.25) is 0 Å². The maximum Gasteiger partial charge on any atom is 0.165 e. The van der Waals surface area contributed by atoms with Crippen LogP contribution >= 0.6 is 0 Å². The second kappa shape index (κ2) is 30.8. The summed E-state index contributed by atoms with van der Waals surface area (Å²) in [5, 5.41) is 54.8.